The molecule has 0 unspecified atom stereocenters. The van der Waals surface area contributed by atoms with Gasteiger partial charge in [-0.05, 0) is 6.37 Å². The maximum absolute atomic E-state index is 7.20. The van der Waals surface area contributed by atoms with Crippen molar-refractivity contribution in [2.24, 2.45) is 0 Å². The molecular weight excluding hydrogens is 106 g/mol. The SMILES string of the molecule is [2H]C([2H])(C)c1nccs1. The van der Waals surface area contributed by atoms with E-state index in [-0.39, 0.29) is 0 Å². The molecule has 0 fully saturated rings. The lowest BCUT2D eigenvalue weighted by Gasteiger charge is -1.77. The fourth-order valence-corrected chi connectivity index (χ4v) is 0.837. The first-order valence-corrected chi connectivity index (χ1v) is 2.88. The minimum atomic E-state index is -1.27. The van der Waals surface area contributed by atoms with E-state index in [1.807, 2.05) is 0 Å². The number of hydrogen-bond acceptors (Lipinski definition) is 2. The highest BCUT2D eigenvalue weighted by atomic mass is 32.1. The Hall–Kier alpha value is -0.370. The van der Waals surface area contributed by atoms with Crippen LogP contribution in [-0.4, -0.2) is 4.98 Å². The van der Waals surface area contributed by atoms with Crippen molar-refractivity contribution >= 4 is 11.3 Å². The highest BCUT2D eigenvalue weighted by Gasteiger charge is 1.84. The number of rotatable bonds is 1. The van der Waals surface area contributed by atoms with E-state index >= 15 is 0 Å². The molecule has 0 amide bonds. The standard InChI is InChI=1S/C5H7NS/c1-2-5-6-3-4-7-5/h3-4H,2H2,1H3/i2D2. The van der Waals surface area contributed by atoms with Gasteiger partial charge in [-0.3, -0.25) is 0 Å². The van der Waals surface area contributed by atoms with Crippen molar-refractivity contribution in [1.82, 2.24) is 4.98 Å². The van der Waals surface area contributed by atoms with Gasteiger partial charge >= 0.3 is 0 Å². The van der Waals surface area contributed by atoms with Crippen molar-refractivity contribution in [1.29, 1.82) is 0 Å². The summed E-state index contributed by atoms with van der Waals surface area (Å²) in [6.07, 6.45) is 0.343. The van der Waals surface area contributed by atoms with Gasteiger partial charge in [0, 0.05) is 14.3 Å². The first-order chi connectivity index (χ1) is 4.11. The molecule has 0 saturated heterocycles. The smallest absolute Gasteiger partial charge is 0.0922 e. The Labute approximate surface area is 49.8 Å². The zero-order valence-corrected chi connectivity index (χ0v) is 4.83. The van der Waals surface area contributed by atoms with Crippen LogP contribution in [0.3, 0.4) is 0 Å². The fraction of sp³-hybridized carbons (Fsp3) is 0.400. The zero-order valence-electron chi connectivity index (χ0n) is 6.01. The van der Waals surface area contributed by atoms with Gasteiger partial charge in [-0.15, -0.1) is 11.3 Å². The molecule has 1 nitrogen and oxygen atoms in total. The molecule has 1 aromatic heterocycles. The highest BCUT2D eigenvalue weighted by Crippen LogP contribution is 2.02. The summed E-state index contributed by atoms with van der Waals surface area (Å²) in [5.41, 5.74) is 0. The molecule has 0 aliphatic heterocycles. The van der Waals surface area contributed by atoms with E-state index in [9.17, 15) is 0 Å². The summed E-state index contributed by atoms with van der Waals surface area (Å²) >= 11 is 1.34. The molecule has 38 valence electrons. The monoisotopic (exact) mass is 115 g/mol. The molecule has 0 aromatic carbocycles. The Balaban J connectivity index is 2.90. The molecule has 0 atom stereocenters. The molecule has 1 heterocycles. The lowest BCUT2D eigenvalue weighted by atomic mass is 10.5. The second-order valence-corrected chi connectivity index (χ2v) is 1.98. The van der Waals surface area contributed by atoms with Gasteiger partial charge in [0.1, 0.15) is 0 Å². The van der Waals surface area contributed by atoms with E-state index in [1.165, 1.54) is 18.3 Å². The molecule has 0 aliphatic rings. The average molecular weight is 115 g/mol. The molecule has 1 rings (SSSR count). The molecule has 7 heavy (non-hydrogen) atoms. The Bertz CT molecular complexity index is 177. The molecule has 0 N–H and O–H groups in total. The van der Waals surface area contributed by atoms with E-state index in [0.717, 1.165) is 0 Å². The van der Waals surface area contributed by atoms with Crippen molar-refractivity contribution in [2.75, 3.05) is 0 Å². The van der Waals surface area contributed by atoms with Crippen molar-refractivity contribution in [3.05, 3.63) is 16.6 Å². The van der Waals surface area contributed by atoms with Crippen LogP contribution in [0, 0.1) is 0 Å². The largest absolute Gasteiger partial charge is 0.250 e. The molecule has 2 heteroatoms. The predicted molar refractivity (Wildman–Crippen MR) is 31.5 cm³/mol. The quantitative estimate of drug-likeness (QED) is 0.543. The normalized spacial score (nSPS) is 15.6. The van der Waals surface area contributed by atoms with Gasteiger partial charge in [0.15, 0.2) is 0 Å². The number of nitrogens with zero attached hydrogens (tertiary/aromatic N) is 1. The van der Waals surface area contributed by atoms with Crippen molar-refractivity contribution in [2.45, 2.75) is 13.3 Å². The molecular formula is C5H7NS. The molecule has 0 radical (unpaired) electrons. The van der Waals surface area contributed by atoms with Crippen molar-refractivity contribution < 1.29 is 2.74 Å². The van der Waals surface area contributed by atoms with E-state index in [4.69, 9.17) is 2.74 Å². The molecule has 0 aliphatic carbocycles. The molecule has 0 saturated carbocycles. The van der Waals surface area contributed by atoms with Crippen LogP contribution in [0.4, 0.5) is 0 Å². The Morgan fingerprint density at radius 3 is 3.29 bits per heavy atom. The minimum Gasteiger partial charge on any atom is -0.250 e. The third kappa shape index (κ3) is 0.996. The van der Waals surface area contributed by atoms with E-state index in [1.54, 1.807) is 11.6 Å². The van der Waals surface area contributed by atoms with E-state index < -0.39 is 6.37 Å². The lowest BCUT2D eigenvalue weighted by molar-refractivity contribution is 1.09. The fourth-order valence-electron chi connectivity index (χ4n) is 0.347. The predicted octanol–water partition coefficient (Wildman–Crippen LogP) is 1.71. The number of hydrogen-bond donors (Lipinski definition) is 0. The Morgan fingerprint density at radius 2 is 3.00 bits per heavy atom. The molecule has 0 bridgehead atoms. The van der Waals surface area contributed by atoms with Crippen LogP contribution in [0.15, 0.2) is 11.6 Å². The van der Waals surface area contributed by atoms with Gasteiger partial charge < -0.3 is 0 Å². The molecule has 0 spiro atoms. The third-order valence-corrected chi connectivity index (χ3v) is 1.44. The number of aromatic nitrogens is 1. The van der Waals surface area contributed by atoms with Gasteiger partial charge in [0.25, 0.3) is 0 Å². The summed E-state index contributed by atoms with van der Waals surface area (Å²) in [7, 11) is 0. The first kappa shape index (κ1) is 2.82. The highest BCUT2D eigenvalue weighted by molar-refractivity contribution is 7.09. The first-order valence-electron chi connectivity index (χ1n) is 3.00. The van der Waals surface area contributed by atoms with Gasteiger partial charge in [0.2, 0.25) is 0 Å². The van der Waals surface area contributed by atoms with Crippen LogP contribution in [-0.2, 0) is 6.37 Å². The minimum absolute atomic E-state index is 0.544. The van der Waals surface area contributed by atoms with Crippen molar-refractivity contribution in [3.63, 3.8) is 0 Å². The third-order valence-electron chi connectivity index (χ3n) is 0.646. The topological polar surface area (TPSA) is 12.9 Å². The van der Waals surface area contributed by atoms with E-state index in [2.05, 4.69) is 4.98 Å². The van der Waals surface area contributed by atoms with Crippen molar-refractivity contribution in [3.8, 4) is 0 Å². The summed E-state index contributed by atoms with van der Waals surface area (Å²) in [6.45, 7) is 1.51. The summed E-state index contributed by atoms with van der Waals surface area (Å²) in [4.78, 5) is 3.83. The van der Waals surface area contributed by atoms with Crippen LogP contribution >= 0.6 is 11.3 Å². The summed E-state index contributed by atoms with van der Waals surface area (Å²) in [5, 5.41) is 2.32. The van der Waals surface area contributed by atoms with E-state index in [0.29, 0.717) is 5.01 Å². The van der Waals surface area contributed by atoms with Gasteiger partial charge in [-0.25, -0.2) is 4.98 Å². The average Bonchev–Trinajstić information content (AvgIpc) is 2.08. The second kappa shape index (κ2) is 2.07. The maximum Gasteiger partial charge on any atom is 0.0922 e. The number of aryl methyl sites for hydroxylation is 1. The molecule has 1 aromatic rings. The van der Waals surface area contributed by atoms with Crippen LogP contribution < -0.4 is 0 Å². The summed E-state index contributed by atoms with van der Waals surface area (Å²) in [6, 6.07) is 0. The maximum atomic E-state index is 7.20. The second-order valence-electron chi connectivity index (χ2n) is 1.09. The van der Waals surface area contributed by atoms with Gasteiger partial charge in [-0.1, -0.05) is 6.92 Å². The van der Waals surface area contributed by atoms with Crippen LogP contribution in [0.2, 0.25) is 0 Å². The van der Waals surface area contributed by atoms with Gasteiger partial charge in [-0.2, -0.15) is 0 Å². The van der Waals surface area contributed by atoms with Crippen LogP contribution in [0.5, 0.6) is 0 Å². The van der Waals surface area contributed by atoms with Gasteiger partial charge in [0.05, 0.1) is 5.01 Å². The summed E-state index contributed by atoms with van der Waals surface area (Å²) < 4.78 is 14.4. The van der Waals surface area contributed by atoms with Crippen LogP contribution in [0.1, 0.15) is 14.7 Å². The summed E-state index contributed by atoms with van der Waals surface area (Å²) in [5.74, 6) is 0. The lowest BCUT2D eigenvalue weighted by Crippen LogP contribution is -1.70. The zero-order chi connectivity index (χ0) is 6.91. The Morgan fingerprint density at radius 1 is 2.14 bits per heavy atom. The number of thiazole rings is 1. The Kier molecular flexibility index (Phi) is 0.836. The van der Waals surface area contributed by atoms with Crippen LogP contribution in [0.25, 0.3) is 0 Å².